The van der Waals surface area contributed by atoms with Crippen LogP contribution in [0.25, 0.3) is 0 Å². The van der Waals surface area contributed by atoms with E-state index in [1.54, 1.807) is 20.8 Å². The lowest BCUT2D eigenvalue weighted by molar-refractivity contribution is 0.0506. The Kier molecular flexibility index (Phi) is 2.93. The van der Waals surface area contributed by atoms with E-state index in [-0.39, 0.29) is 11.4 Å². The van der Waals surface area contributed by atoms with Gasteiger partial charge in [0.1, 0.15) is 5.60 Å². The number of nitrogens with two attached hydrogens (primary N) is 1. The van der Waals surface area contributed by atoms with Gasteiger partial charge in [-0.25, -0.2) is 14.2 Å². The second-order valence-electron chi connectivity index (χ2n) is 4.28. The summed E-state index contributed by atoms with van der Waals surface area (Å²) in [5.41, 5.74) is 4.49. The number of ether oxygens (including phenoxy) is 1. The van der Waals surface area contributed by atoms with E-state index in [0.29, 0.717) is 0 Å². The summed E-state index contributed by atoms with van der Waals surface area (Å²) in [6.07, 6.45) is 0.508. The summed E-state index contributed by atoms with van der Waals surface area (Å²) in [6, 6.07) is 1.34. The van der Waals surface area contributed by atoms with Crippen LogP contribution in [0.2, 0.25) is 0 Å². The van der Waals surface area contributed by atoms with Crippen molar-refractivity contribution >= 4 is 17.7 Å². The van der Waals surface area contributed by atoms with Gasteiger partial charge in [0.05, 0.1) is 5.69 Å². The molecule has 1 aromatic rings. The van der Waals surface area contributed by atoms with E-state index in [0.717, 1.165) is 4.57 Å². The molecule has 0 amide bonds. The highest BCUT2D eigenvalue weighted by Gasteiger charge is 2.23. The molecule has 0 bridgehead atoms. The number of rotatable bonds is 1. The van der Waals surface area contributed by atoms with Crippen LogP contribution < -0.4 is 5.73 Å². The minimum atomic E-state index is -1.27. The maximum atomic E-state index is 11.6. The normalized spacial score (nSPS) is 11.2. The minimum Gasteiger partial charge on any atom is -0.476 e. The number of carbonyl (C=O) groups is 2. The van der Waals surface area contributed by atoms with Crippen molar-refractivity contribution in [3.63, 3.8) is 0 Å². The van der Waals surface area contributed by atoms with Crippen molar-refractivity contribution in [1.82, 2.24) is 4.57 Å². The number of aromatic carboxylic acids is 1. The van der Waals surface area contributed by atoms with Gasteiger partial charge in [0.15, 0.2) is 5.69 Å². The Bertz CT molecular complexity index is 429. The van der Waals surface area contributed by atoms with Gasteiger partial charge >= 0.3 is 12.1 Å². The Morgan fingerprint density at radius 3 is 2.44 bits per heavy atom. The SMILES string of the molecule is CC(C)(C)OC(=O)n1ccc(N)c1C(=O)O. The third kappa shape index (κ3) is 2.53. The van der Waals surface area contributed by atoms with Crippen molar-refractivity contribution in [3.05, 3.63) is 18.0 Å². The predicted molar refractivity (Wildman–Crippen MR) is 57.4 cm³/mol. The van der Waals surface area contributed by atoms with E-state index in [2.05, 4.69) is 0 Å². The van der Waals surface area contributed by atoms with E-state index in [1.807, 2.05) is 0 Å². The molecule has 0 aromatic carbocycles. The maximum absolute atomic E-state index is 11.6. The number of carboxylic acids is 1. The highest BCUT2D eigenvalue weighted by molar-refractivity contribution is 5.96. The molecule has 0 saturated heterocycles. The van der Waals surface area contributed by atoms with Crippen LogP contribution in [0.3, 0.4) is 0 Å². The van der Waals surface area contributed by atoms with E-state index >= 15 is 0 Å². The Labute approximate surface area is 92.6 Å². The van der Waals surface area contributed by atoms with Gasteiger partial charge in [0.25, 0.3) is 0 Å². The second-order valence-corrected chi connectivity index (χ2v) is 4.28. The quantitative estimate of drug-likeness (QED) is 0.757. The van der Waals surface area contributed by atoms with E-state index in [9.17, 15) is 9.59 Å². The number of nitrogens with zero attached hydrogens (tertiary/aromatic N) is 1. The molecule has 88 valence electrons. The molecule has 3 N–H and O–H groups in total. The largest absolute Gasteiger partial charge is 0.476 e. The van der Waals surface area contributed by atoms with Crippen molar-refractivity contribution in [3.8, 4) is 0 Å². The summed E-state index contributed by atoms with van der Waals surface area (Å²) in [5, 5.41) is 8.87. The Morgan fingerprint density at radius 1 is 1.44 bits per heavy atom. The van der Waals surface area contributed by atoms with Crippen molar-refractivity contribution < 1.29 is 19.4 Å². The molecule has 0 atom stereocenters. The van der Waals surface area contributed by atoms with Crippen molar-refractivity contribution in [2.24, 2.45) is 0 Å². The highest BCUT2D eigenvalue weighted by Crippen LogP contribution is 2.16. The summed E-state index contributed by atoms with van der Waals surface area (Å²) in [5.74, 6) is -1.27. The number of carboxylic acid groups (broad SMARTS) is 1. The zero-order valence-electron chi connectivity index (χ0n) is 9.35. The molecular weight excluding hydrogens is 212 g/mol. The van der Waals surface area contributed by atoms with Gasteiger partial charge in [0, 0.05) is 6.20 Å². The zero-order chi connectivity index (χ0) is 12.5. The van der Waals surface area contributed by atoms with Gasteiger partial charge < -0.3 is 15.6 Å². The topological polar surface area (TPSA) is 94.5 Å². The Morgan fingerprint density at radius 2 is 2.00 bits per heavy atom. The smallest absolute Gasteiger partial charge is 0.419 e. The van der Waals surface area contributed by atoms with Crippen LogP contribution in [0.4, 0.5) is 10.5 Å². The molecule has 1 heterocycles. The van der Waals surface area contributed by atoms with Crippen LogP contribution >= 0.6 is 0 Å². The van der Waals surface area contributed by atoms with Crippen LogP contribution in [0.5, 0.6) is 0 Å². The van der Waals surface area contributed by atoms with Gasteiger partial charge in [-0.2, -0.15) is 0 Å². The van der Waals surface area contributed by atoms with Crippen LogP contribution in [0, 0.1) is 0 Å². The lowest BCUT2D eigenvalue weighted by Crippen LogP contribution is -2.28. The minimum absolute atomic E-state index is 0.0263. The van der Waals surface area contributed by atoms with E-state index < -0.39 is 17.7 Å². The summed E-state index contributed by atoms with van der Waals surface area (Å²) in [7, 11) is 0. The van der Waals surface area contributed by atoms with E-state index in [4.69, 9.17) is 15.6 Å². The third-order valence-corrected chi connectivity index (χ3v) is 1.71. The highest BCUT2D eigenvalue weighted by atomic mass is 16.6. The number of aromatic nitrogens is 1. The van der Waals surface area contributed by atoms with Crippen LogP contribution in [-0.4, -0.2) is 27.3 Å². The number of nitrogen functional groups attached to an aromatic ring is 1. The molecule has 0 aliphatic rings. The van der Waals surface area contributed by atoms with Gasteiger partial charge in [-0.05, 0) is 26.8 Å². The molecule has 16 heavy (non-hydrogen) atoms. The molecule has 0 spiro atoms. The van der Waals surface area contributed by atoms with Gasteiger partial charge in [-0.1, -0.05) is 0 Å². The molecule has 1 aromatic heterocycles. The van der Waals surface area contributed by atoms with Gasteiger partial charge in [-0.15, -0.1) is 0 Å². The van der Waals surface area contributed by atoms with Crippen molar-refractivity contribution in [2.75, 3.05) is 5.73 Å². The van der Waals surface area contributed by atoms with Gasteiger partial charge in [-0.3, -0.25) is 0 Å². The monoisotopic (exact) mass is 226 g/mol. The molecule has 0 unspecified atom stereocenters. The molecular formula is C10H14N2O4. The molecule has 0 radical (unpaired) electrons. The molecule has 6 heteroatoms. The zero-order valence-corrected chi connectivity index (χ0v) is 9.35. The molecule has 1 rings (SSSR count). The average Bonchev–Trinajstić information content (AvgIpc) is 2.43. The predicted octanol–water partition coefficient (Wildman–Crippen LogP) is 1.55. The molecule has 0 aliphatic heterocycles. The first-order chi connectivity index (χ1) is 7.22. The summed E-state index contributed by atoms with van der Waals surface area (Å²) in [6.45, 7) is 5.08. The number of carbonyl (C=O) groups excluding carboxylic acids is 1. The molecule has 0 fully saturated rings. The Hall–Kier alpha value is -1.98. The average molecular weight is 226 g/mol. The van der Waals surface area contributed by atoms with E-state index in [1.165, 1.54) is 12.3 Å². The van der Waals surface area contributed by atoms with Crippen LogP contribution in [-0.2, 0) is 4.74 Å². The summed E-state index contributed by atoms with van der Waals surface area (Å²) < 4.78 is 5.91. The maximum Gasteiger partial charge on any atom is 0.419 e. The lowest BCUT2D eigenvalue weighted by Gasteiger charge is -2.19. The second kappa shape index (κ2) is 3.88. The number of hydrogen-bond donors (Lipinski definition) is 2. The van der Waals surface area contributed by atoms with Crippen LogP contribution in [0.1, 0.15) is 31.3 Å². The lowest BCUT2D eigenvalue weighted by atomic mass is 10.2. The van der Waals surface area contributed by atoms with Crippen molar-refractivity contribution in [2.45, 2.75) is 26.4 Å². The fraction of sp³-hybridized carbons (Fsp3) is 0.400. The third-order valence-electron chi connectivity index (χ3n) is 1.71. The first kappa shape index (κ1) is 12.1. The summed E-state index contributed by atoms with van der Waals surface area (Å²) in [4.78, 5) is 22.5. The first-order valence-electron chi connectivity index (χ1n) is 4.66. The van der Waals surface area contributed by atoms with Crippen molar-refractivity contribution in [1.29, 1.82) is 0 Å². The van der Waals surface area contributed by atoms with Gasteiger partial charge in [0.2, 0.25) is 0 Å². The van der Waals surface area contributed by atoms with Crippen LogP contribution in [0.15, 0.2) is 12.3 Å². The Balaban J connectivity index is 3.05. The fourth-order valence-electron chi connectivity index (χ4n) is 1.14. The summed E-state index contributed by atoms with van der Waals surface area (Å²) >= 11 is 0. The molecule has 6 nitrogen and oxygen atoms in total. The number of anilines is 1. The standard InChI is InChI=1S/C10H14N2O4/c1-10(2,3)16-9(15)12-5-4-6(11)7(12)8(13)14/h4-5H,11H2,1-3H3,(H,13,14). The molecule has 0 aliphatic carbocycles. The fourth-order valence-corrected chi connectivity index (χ4v) is 1.14. The molecule has 0 saturated carbocycles. The first-order valence-corrected chi connectivity index (χ1v) is 4.66. The number of hydrogen-bond acceptors (Lipinski definition) is 4.